The van der Waals surface area contributed by atoms with Gasteiger partial charge in [0.1, 0.15) is 0 Å². The lowest BCUT2D eigenvalue weighted by Crippen LogP contribution is -2.52. The first-order chi connectivity index (χ1) is 13.7. The first-order valence-electron chi connectivity index (χ1n) is 11.0. The maximum Gasteiger partial charge on any atom is 0.0676 e. The number of hydrogen-bond acceptors (Lipinski definition) is 4. The predicted molar refractivity (Wildman–Crippen MR) is 135 cm³/mol. The summed E-state index contributed by atoms with van der Waals surface area (Å²) in [5, 5.41) is 6.72. The normalized spacial score (nSPS) is 13.3. The molecule has 0 bridgehead atoms. The molecule has 0 aliphatic rings. The van der Waals surface area contributed by atoms with Crippen molar-refractivity contribution < 1.29 is 0 Å². The van der Waals surface area contributed by atoms with Crippen molar-refractivity contribution in [3.05, 3.63) is 61.6 Å². The average Bonchev–Trinajstić information content (AvgIpc) is 2.66. The summed E-state index contributed by atoms with van der Waals surface area (Å²) in [6.07, 6.45) is 6.73. The van der Waals surface area contributed by atoms with Crippen molar-refractivity contribution in [2.45, 2.75) is 66.5 Å². The topological polar surface area (TPSA) is 30.5 Å². The van der Waals surface area contributed by atoms with E-state index in [1.807, 2.05) is 19.2 Å². The van der Waals surface area contributed by atoms with Gasteiger partial charge in [-0.2, -0.15) is 0 Å². The Bertz CT molecular complexity index is 625. The number of allylic oxidation sites excluding steroid dienone is 3. The van der Waals surface area contributed by atoms with Gasteiger partial charge in [-0.05, 0) is 52.7 Å². The van der Waals surface area contributed by atoms with Crippen LogP contribution < -0.4 is 10.6 Å². The highest BCUT2D eigenvalue weighted by Crippen LogP contribution is 2.40. The summed E-state index contributed by atoms with van der Waals surface area (Å²) >= 11 is 0. The standard InChI is InChI=1S/C26H48N4/c1-14-15-16-21(4)29(13)26(10,11)25(8,9)17-18-30(19-27-12)24(7)22(5)23(6)28-20(2)3/h14-16,20,22,27-28H,1,4,6-7,17-19H2,2-3,5,8-13H3/b16-15-. The van der Waals surface area contributed by atoms with Crippen LogP contribution in [0.1, 0.15) is 54.9 Å². The maximum atomic E-state index is 4.40. The van der Waals surface area contributed by atoms with E-state index in [9.17, 15) is 0 Å². The van der Waals surface area contributed by atoms with Gasteiger partial charge in [0.2, 0.25) is 0 Å². The first-order valence-corrected chi connectivity index (χ1v) is 11.0. The van der Waals surface area contributed by atoms with Crippen molar-refractivity contribution >= 4 is 0 Å². The minimum absolute atomic E-state index is 0.0371. The van der Waals surface area contributed by atoms with Crippen LogP contribution in [0.5, 0.6) is 0 Å². The molecule has 1 unspecified atom stereocenters. The fourth-order valence-corrected chi connectivity index (χ4v) is 3.31. The smallest absolute Gasteiger partial charge is 0.0676 e. The monoisotopic (exact) mass is 416 g/mol. The van der Waals surface area contributed by atoms with Gasteiger partial charge in [0.15, 0.2) is 0 Å². The lowest BCUT2D eigenvalue weighted by atomic mass is 9.71. The number of hydrogen-bond donors (Lipinski definition) is 2. The third-order valence-corrected chi connectivity index (χ3v) is 6.61. The Labute approximate surface area is 187 Å². The van der Waals surface area contributed by atoms with Crippen LogP contribution in [-0.2, 0) is 0 Å². The molecule has 2 N–H and O–H groups in total. The molecule has 1 atom stereocenters. The van der Waals surface area contributed by atoms with Crippen molar-refractivity contribution in [1.82, 2.24) is 20.4 Å². The van der Waals surface area contributed by atoms with E-state index < -0.39 is 0 Å². The highest BCUT2D eigenvalue weighted by Gasteiger charge is 2.40. The molecule has 4 heteroatoms. The molecule has 0 saturated heterocycles. The van der Waals surface area contributed by atoms with Crippen LogP contribution in [0.15, 0.2) is 61.6 Å². The lowest BCUT2D eigenvalue weighted by molar-refractivity contribution is 0.0446. The Morgan fingerprint density at radius 2 is 1.63 bits per heavy atom. The minimum atomic E-state index is -0.0867. The van der Waals surface area contributed by atoms with Crippen molar-refractivity contribution in [2.24, 2.45) is 11.3 Å². The van der Waals surface area contributed by atoms with E-state index >= 15 is 0 Å². The van der Waals surface area contributed by atoms with Gasteiger partial charge in [0.05, 0.1) is 6.67 Å². The van der Waals surface area contributed by atoms with E-state index in [4.69, 9.17) is 0 Å². The fourth-order valence-electron chi connectivity index (χ4n) is 3.31. The van der Waals surface area contributed by atoms with Crippen LogP contribution in [0.4, 0.5) is 0 Å². The molecule has 4 nitrogen and oxygen atoms in total. The van der Waals surface area contributed by atoms with Gasteiger partial charge in [-0.1, -0.05) is 59.2 Å². The SMILES string of the molecule is C=C/C=C\C(=C)N(C)C(C)(C)C(C)(C)CCN(CNC)C(=C)C(C)C(=C)NC(C)C. The molecule has 0 aliphatic heterocycles. The minimum Gasteiger partial charge on any atom is -0.386 e. The Kier molecular flexibility index (Phi) is 11.3. The molecule has 0 fully saturated rings. The van der Waals surface area contributed by atoms with E-state index in [0.717, 1.165) is 36.7 Å². The summed E-state index contributed by atoms with van der Waals surface area (Å²) in [7, 11) is 4.09. The summed E-state index contributed by atoms with van der Waals surface area (Å²) in [4.78, 5) is 4.60. The molecule has 0 heterocycles. The second-order valence-electron chi connectivity index (χ2n) is 9.65. The quantitative estimate of drug-likeness (QED) is 0.272. The van der Waals surface area contributed by atoms with Gasteiger partial charge in [-0.3, -0.25) is 0 Å². The van der Waals surface area contributed by atoms with E-state index in [1.165, 1.54) is 0 Å². The third kappa shape index (κ3) is 7.71. The van der Waals surface area contributed by atoms with Crippen molar-refractivity contribution in [3.63, 3.8) is 0 Å². The van der Waals surface area contributed by atoms with Gasteiger partial charge < -0.3 is 20.4 Å². The predicted octanol–water partition coefficient (Wildman–Crippen LogP) is 5.51. The molecular formula is C26H48N4. The highest BCUT2D eigenvalue weighted by atomic mass is 15.2. The average molecular weight is 417 g/mol. The summed E-state index contributed by atoms with van der Waals surface area (Å²) in [6.45, 7) is 33.9. The van der Waals surface area contributed by atoms with Crippen LogP contribution in [0, 0.1) is 11.3 Å². The molecule has 0 saturated carbocycles. The van der Waals surface area contributed by atoms with Crippen LogP contribution >= 0.6 is 0 Å². The molecule has 0 aromatic heterocycles. The fraction of sp³-hybridized carbons (Fsp3) is 0.615. The molecule has 172 valence electrons. The van der Waals surface area contributed by atoms with E-state index in [-0.39, 0.29) is 16.9 Å². The summed E-state index contributed by atoms with van der Waals surface area (Å²) in [5.74, 6) is 0.170. The number of nitrogens with one attached hydrogen (secondary N) is 2. The molecule has 0 aliphatic carbocycles. The molecule has 0 aromatic carbocycles. The van der Waals surface area contributed by atoms with Crippen LogP contribution in [-0.4, -0.2) is 48.7 Å². The zero-order valence-corrected chi connectivity index (χ0v) is 21.2. The first kappa shape index (κ1) is 28.1. The zero-order chi connectivity index (χ0) is 23.7. The van der Waals surface area contributed by atoms with Crippen LogP contribution in [0.3, 0.4) is 0 Å². The van der Waals surface area contributed by atoms with E-state index in [1.54, 1.807) is 6.08 Å². The van der Waals surface area contributed by atoms with E-state index in [2.05, 4.69) is 102 Å². The van der Waals surface area contributed by atoms with Crippen molar-refractivity contribution in [3.8, 4) is 0 Å². The Balaban J connectivity index is 5.35. The lowest BCUT2D eigenvalue weighted by Gasteiger charge is -2.50. The summed E-state index contributed by atoms with van der Waals surface area (Å²) in [5.41, 5.74) is 3.03. The van der Waals surface area contributed by atoms with Gasteiger partial charge in [-0.15, -0.1) is 0 Å². The van der Waals surface area contributed by atoms with Gasteiger partial charge in [-0.25, -0.2) is 0 Å². The molecule has 0 aromatic rings. The van der Waals surface area contributed by atoms with E-state index in [0.29, 0.717) is 6.04 Å². The maximum absolute atomic E-state index is 4.40. The Hall–Kier alpha value is -1.94. The molecule has 0 rings (SSSR count). The highest BCUT2D eigenvalue weighted by molar-refractivity contribution is 5.20. The Morgan fingerprint density at radius 1 is 1.07 bits per heavy atom. The molecule has 0 spiro atoms. The van der Waals surface area contributed by atoms with Gasteiger partial charge in [0.25, 0.3) is 0 Å². The largest absolute Gasteiger partial charge is 0.386 e. The van der Waals surface area contributed by atoms with Crippen molar-refractivity contribution in [2.75, 3.05) is 27.3 Å². The van der Waals surface area contributed by atoms with Gasteiger partial charge in [0, 0.05) is 48.2 Å². The summed E-state index contributed by atoms with van der Waals surface area (Å²) < 4.78 is 0. The number of nitrogens with zero attached hydrogens (tertiary/aromatic N) is 2. The number of rotatable bonds is 15. The van der Waals surface area contributed by atoms with Crippen molar-refractivity contribution in [1.29, 1.82) is 0 Å². The molecule has 30 heavy (non-hydrogen) atoms. The Morgan fingerprint density at radius 3 is 2.10 bits per heavy atom. The van der Waals surface area contributed by atoms with Crippen LogP contribution in [0.2, 0.25) is 0 Å². The zero-order valence-electron chi connectivity index (χ0n) is 21.2. The summed E-state index contributed by atoms with van der Waals surface area (Å²) in [6, 6.07) is 0.365. The molecule has 0 radical (unpaired) electrons. The third-order valence-electron chi connectivity index (χ3n) is 6.61. The second kappa shape index (κ2) is 12.0. The van der Waals surface area contributed by atoms with Gasteiger partial charge >= 0.3 is 0 Å². The second-order valence-corrected chi connectivity index (χ2v) is 9.65. The van der Waals surface area contributed by atoms with Crippen LogP contribution in [0.25, 0.3) is 0 Å². The molecule has 0 amide bonds. The molecular weight excluding hydrogens is 368 g/mol. The number of likely N-dealkylation sites (N-methyl/N-ethyl adjacent to an activating group) is 1.